The van der Waals surface area contributed by atoms with Crippen LogP contribution in [0.1, 0.15) is 269 Å². The number of esters is 3. The van der Waals surface area contributed by atoms with Gasteiger partial charge in [0.25, 0.3) is 0 Å². The molecule has 0 rings (SSSR count). The van der Waals surface area contributed by atoms with Crippen LogP contribution in [0.4, 0.5) is 0 Å². The third-order valence-electron chi connectivity index (χ3n) is 18.9. The molecule has 0 aliphatic carbocycles. The molecule has 0 heterocycles. The number of Topliss-reactive ketones (excluding diaryl/α,β-unsaturated/α-hetero) is 1. The number of nitrogens with two attached hydrogens (primary N) is 1. The molecule has 0 aliphatic heterocycles. The van der Waals surface area contributed by atoms with Crippen molar-refractivity contribution in [2.75, 3.05) is 90.2 Å². The van der Waals surface area contributed by atoms with Crippen LogP contribution < -0.4 is 21.7 Å². The van der Waals surface area contributed by atoms with Gasteiger partial charge in [-0.3, -0.25) is 9.59 Å². The van der Waals surface area contributed by atoms with Gasteiger partial charge in [0.15, 0.2) is 0 Å². The van der Waals surface area contributed by atoms with E-state index in [9.17, 15) is 64.8 Å². The highest BCUT2D eigenvalue weighted by atomic mass is 28.5. The summed E-state index contributed by atoms with van der Waals surface area (Å²) in [6, 6.07) is 2.26. The Kier molecular flexibility index (Phi) is 62.8. The SMILES string of the molecule is CC(=O)CC(=O)OC(CC(O)CC(O)CC(O)CC(C)(C)C)CC(O)C(C)(C)C.CO[Si](CCCN)(OC)OC.CO[Si](CCCN/C(C)=C\C(=O)OC(CC(O)CC(O)C(C)(C)C)CC(C)(C)C)(OC)OC.CO[Si](O)(CCCNC(C)(C)C)O[Si](CCCN/C(C)=C\C(=O)OC(CC(O)CC(O)C(C)(C)C)CC(C)(C)C)(OC)OC.O. The molecule has 31 nitrogen and oxygen atoms in total. The summed E-state index contributed by atoms with van der Waals surface area (Å²) in [6.45, 7) is 49.1. The molecule has 0 saturated carbocycles. The Bertz CT molecular complexity index is 2690. The molecule has 0 saturated heterocycles. The number of ketones is 1. The predicted octanol–water partition coefficient (Wildman–Crippen LogP) is 9.77. The Morgan fingerprint density at radius 2 is 0.695 bits per heavy atom. The molecule has 0 amide bonds. The maximum Gasteiger partial charge on any atom is 0.500 e. The number of nitrogens with one attached hydrogen (secondary N) is 3. The molecule has 118 heavy (non-hydrogen) atoms. The number of hydrogen-bond donors (Lipinski definition) is 13. The third-order valence-corrected chi connectivity index (χ3v) is 30.9. The predicted molar refractivity (Wildman–Crippen MR) is 472 cm³/mol. The topological polar surface area (TPSA) is 464 Å². The van der Waals surface area contributed by atoms with Gasteiger partial charge in [0.05, 0.1) is 48.8 Å². The van der Waals surface area contributed by atoms with Gasteiger partial charge in [-0.1, -0.05) is 125 Å². The van der Waals surface area contributed by atoms with Gasteiger partial charge >= 0.3 is 53.1 Å². The van der Waals surface area contributed by atoms with Crippen molar-refractivity contribution >= 4 is 58.9 Å². The van der Waals surface area contributed by atoms with E-state index < -0.39 is 126 Å². The first-order valence-corrected chi connectivity index (χ1v) is 49.3. The molecule has 0 aromatic carbocycles. The highest BCUT2D eigenvalue weighted by Gasteiger charge is 2.50. The molecule has 0 aromatic heterocycles. The normalized spacial score (nSPS) is 16.5. The largest absolute Gasteiger partial charge is 0.500 e. The molecule has 706 valence electrons. The molecule has 0 spiro atoms. The van der Waals surface area contributed by atoms with E-state index in [-0.39, 0.29) is 102 Å². The number of hydrogen-bond acceptors (Lipinski definition) is 30. The van der Waals surface area contributed by atoms with Crippen molar-refractivity contribution in [1.82, 2.24) is 16.0 Å². The van der Waals surface area contributed by atoms with E-state index in [1.165, 1.54) is 40.4 Å². The van der Waals surface area contributed by atoms with Crippen LogP contribution in [-0.4, -0.2) is 273 Å². The second kappa shape index (κ2) is 59.9. The maximum absolute atomic E-state index is 12.8. The third kappa shape index (κ3) is 64.0. The molecule has 12 atom stereocenters. The zero-order chi connectivity index (χ0) is 92.0. The van der Waals surface area contributed by atoms with Crippen LogP contribution in [0.25, 0.3) is 0 Å². The fourth-order valence-corrected chi connectivity index (χ4v) is 21.2. The summed E-state index contributed by atoms with van der Waals surface area (Å²) < 4.78 is 71.5. The molecule has 0 aliphatic rings. The van der Waals surface area contributed by atoms with E-state index >= 15 is 0 Å². The van der Waals surface area contributed by atoms with Crippen molar-refractivity contribution < 1.29 is 128 Å². The maximum atomic E-state index is 12.8. The summed E-state index contributed by atoms with van der Waals surface area (Å²) in [5.74, 6) is -1.97. The highest BCUT2D eigenvalue weighted by molar-refractivity contribution is 6.74. The fraction of sp³-hybridized carbons (Fsp3) is 0.904. The first-order valence-electron chi connectivity index (χ1n) is 41.5. The summed E-state index contributed by atoms with van der Waals surface area (Å²) in [6.07, 6.45) is 0.529. The Balaban J connectivity index is -0.000000514. The Labute approximate surface area is 717 Å². The van der Waals surface area contributed by atoms with Gasteiger partial charge < -0.3 is 131 Å². The van der Waals surface area contributed by atoms with E-state index in [1.807, 2.05) is 90.0 Å². The number of rotatable bonds is 54. The molecule has 0 radical (unpaired) electrons. The fourth-order valence-electron chi connectivity index (χ4n) is 12.0. The van der Waals surface area contributed by atoms with E-state index in [4.69, 9.17) is 63.9 Å². The minimum atomic E-state index is -3.52. The van der Waals surface area contributed by atoms with Gasteiger partial charge in [0.1, 0.15) is 30.5 Å². The van der Waals surface area contributed by atoms with E-state index in [0.29, 0.717) is 81.3 Å². The lowest BCUT2D eigenvalue weighted by Crippen LogP contribution is -2.56. The van der Waals surface area contributed by atoms with Crippen LogP contribution in [0.2, 0.25) is 24.2 Å². The van der Waals surface area contributed by atoms with Crippen LogP contribution in [0.15, 0.2) is 23.5 Å². The summed E-state index contributed by atoms with van der Waals surface area (Å²) in [7, 11) is 2.42. The quantitative estimate of drug-likeness (QED) is 0.00672. The van der Waals surface area contributed by atoms with Crippen molar-refractivity contribution in [3.05, 3.63) is 23.5 Å². The van der Waals surface area contributed by atoms with E-state index in [0.717, 1.165) is 25.4 Å². The molecule has 16 N–H and O–H groups in total. The second-order valence-electron chi connectivity index (χ2n) is 38.8. The zero-order valence-electron chi connectivity index (χ0n) is 79.5. The summed E-state index contributed by atoms with van der Waals surface area (Å²) in [5, 5.41) is 92.6. The Morgan fingerprint density at radius 3 is 1.02 bits per heavy atom. The van der Waals surface area contributed by atoms with Gasteiger partial charge in [-0.2, -0.15) is 0 Å². The lowest BCUT2D eigenvalue weighted by atomic mass is 9.83. The van der Waals surface area contributed by atoms with Crippen molar-refractivity contribution in [1.29, 1.82) is 0 Å². The molecule has 0 fully saturated rings. The molecule has 0 aromatic rings. The number of aliphatic hydroxyl groups is 8. The van der Waals surface area contributed by atoms with Crippen molar-refractivity contribution in [2.24, 2.45) is 38.2 Å². The average Bonchev–Trinajstić information content (AvgIpc) is 0.828. The Hall–Kier alpha value is -2.85. The Morgan fingerprint density at radius 1 is 0.381 bits per heavy atom. The lowest BCUT2D eigenvalue weighted by molar-refractivity contribution is -0.155. The van der Waals surface area contributed by atoms with Crippen LogP contribution in [0.3, 0.4) is 0 Å². The van der Waals surface area contributed by atoms with Crippen LogP contribution in [0.5, 0.6) is 0 Å². The van der Waals surface area contributed by atoms with E-state index in [2.05, 4.69) is 78.3 Å². The van der Waals surface area contributed by atoms with Crippen LogP contribution in [0, 0.1) is 32.5 Å². The second-order valence-corrected chi connectivity index (χ2v) is 50.8. The van der Waals surface area contributed by atoms with Gasteiger partial charge in [0, 0.05) is 156 Å². The standard InChI is InChI=1S/C31H66N2O9Si2.C24H49NO7Si.C22H42O7.C6H17NO3Si.H2O/c1-24(20-28(36)41-26(23-29(2,3)4)21-25(34)22-27(35)30(5,6)7)32-16-14-19-44(39-12,40-13)42-43(37,38-11)18-15-17-33-31(8,9)10;1-18(25-12-11-13-33(29-8,30-9)31-10)14-22(28)32-20(17-23(2,3)4)15-19(26)16-21(27)24(5,6)7;1-14(23)8-20(28)29-18(12-19(27)22(5,6)7)11-16(25)9-15(24)10-17(26)13-21(2,3)4;1-8-11(9-2,10-3)6-4-5-7;/h20,25-27,32-35,37H,14-19,21-23H2,1-13H3;14,19-21,25-27H,11-13,15-17H2,1-10H3;15-19,24-27H,8-13H2,1-7H3;4-7H2,1-3H3;1H2/b24-20-;18-14-;;;. The molecular formula is C83H176N4O27Si4. The zero-order valence-corrected chi connectivity index (χ0v) is 83.5. The highest BCUT2D eigenvalue weighted by Crippen LogP contribution is 2.33. The summed E-state index contributed by atoms with van der Waals surface area (Å²) in [4.78, 5) is 59.4. The van der Waals surface area contributed by atoms with Gasteiger partial charge in [-0.05, 0) is 158 Å². The first kappa shape index (κ1) is 124. The van der Waals surface area contributed by atoms with Gasteiger partial charge in [-0.15, -0.1) is 0 Å². The average molecular weight is 1770 g/mol. The number of allylic oxidation sites excluding steroid dienone is 2. The van der Waals surface area contributed by atoms with Crippen molar-refractivity contribution in [3.63, 3.8) is 0 Å². The van der Waals surface area contributed by atoms with Gasteiger partial charge in [-0.25, -0.2) is 9.59 Å². The monoisotopic (exact) mass is 1770 g/mol. The molecule has 12 unspecified atom stereocenters. The van der Waals surface area contributed by atoms with Crippen LogP contribution in [-0.2, 0) is 77.3 Å². The molecule has 35 heteroatoms. The number of ether oxygens (including phenoxy) is 3. The number of carbonyl (C=O) groups is 4. The smallest absolute Gasteiger partial charge is 0.462 e. The minimum absolute atomic E-state index is 0. The minimum Gasteiger partial charge on any atom is -0.462 e. The summed E-state index contributed by atoms with van der Waals surface area (Å²) in [5.41, 5.74) is 5.28. The van der Waals surface area contributed by atoms with Gasteiger partial charge in [0.2, 0.25) is 0 Å². The van der Waals surface area contributed by atoms with E-state index in [1.54, 1.807) is 49.6 Å². The lowest BCUT2D eigenvalue weighted by Gasteiger charge is -2.34. The molecular weight excluding hydrogens is 1600 g/mol. The first-order chi connectivity index (χ1) is 53.3. The van der Waals surface area contributed by atoms with Crippen molar-refractivity contribution in [3.8, 4) is 0 Å². The number of carbonyl (C=O) groups excluding carboxylic acids is 4. The molecule has 0 bridgehead atoms. The van der Waals surface area contributed by atoms with Crippen LogP contribution >= 0.6 is 0 Å². The van der Waals surface area contributed by atoms with Crippen molar-refractivity contribution in [2.45, 2.75) is 366 Å². The number of aliphatic hydroxyl groups excluding tert-OH is 8. The summed E-state index contributed by atoms with van der Waals surface area (Å²) >= 11 is 0.